The molecule has 0 unspecified atom stereocenters. The SMILES string of the molecule is CCc1ccccc1OCC(=O)N1CCN(CC(N)=O)CC1. The molecule has 1 aromatic rings. The van der Waals surface area contributed by atoms with Crippen LogP contribution in [0.4, 0.5) is 0 Å². The summed E-state index contributed by atoms with van der Waals surface area (Å²) < 4.78 is 5.66. The van der Waals surface area contributed by atoms with Crippen LogP contribution in [0, 0.1) is 0 Å². The maximum absolute atomic E-state index is 12.2. The summed E-state index contributed by atoms with van der Waals surface area (Å²) >= 11 is 0. The quantitative estimate of drug-likeness (QED) is 0.818. The number of amides is 2. The molecule has 1 aliphatic rings. The number of aryl methyl sites for hydroxylation is 1. The maximum atomic E-state index is 12.2. The predicted molar refractivity (Wildman–Crippen MR) is 83.5 cm³/mol. The van der Waals surface area contributed by atoms with Crippen LogP contribution in [0.3, 0.4) is 0 Å². The zero-order valence-electron chi connectivity index (χ0n) is 13.0. The van der Waals surface area contributed by atoms with Gasteiger partial charge in [-0.1, -0.05) is 25.1 Å². The van der Waals surface area contributed by atoms with E-state index in [4.69, 9.17) is 10.5 Å². The van der Waals surface area contributed by atoms with Gasteiger partial charge < -0.3 is 15.4 Å². The number of ether oxygens (including phenoxy) is 1. The van der Waals surface area contributed by atoms with Crippen LogP contribution in [0.1, 0.15) is 12.5 Å². The third-order valence-corrected chi connectivity index (χ3v) is 3.81. The Morgan fingerprint density at radius 3 is 2.50 bits per heavy atom. The number of nitrogens with zero attached hydrogens (tertiary/aromatic N) is 2. The average molecular weight is 305 g/mol. The van der Waals surface area contributed by atoms with Gasteiger partial charge in [0.2, 0.25) is 5.91 Å². The second-order valence-electron chi connectivity index (χ2n) is 5.37. The molecule has 22 heavy (non-hydrogen) atoms. The van der Waals surface area contributed by atoms with E-state index in [0.717, 1.165) is 17.7 Å². The van der Waals surface area contributed by atoms with Gasteiger partial charge in [-0.3, -0.25) is 14.5 Å². The summed E-state index contributed by atoms with van der Waals surface area (Å²) in [6.07, 6.45) is 0.871. The van der Waals surface area contributed by atoms with Crippen LogP contribution in [0.2, 0.25) is 0 Å². The highest BCUT2D eigenvalue weighted by molar-refractivity contribution is 5.78. The monoisotopic (exact) mass is 305 g/mol. The minimum atomic E-state index is -0.334. The number of hydrogen-bond acceptors (Lipinski definition) is 4. The van der Waals surface area contributed by atoms with Crippen molar-refractivity contribution in [3.05, 3.63) is 29.8 Å². The van der Waals surface area contributed by atoms with Crippen molar-refractivity contribution in [3.8, 4) is 5.75 Å². The molecule has 1 saturated heterocycles. The zero-order valence-corrected chi connectivity index (χ0v) is 13.0. The lowest BCUT2D eigenvalue weighted by molar-refractivity contribution is -0.135. The smallest absolute Gasteiger partial charge is 0.260 e. The fourth-order valence-electron chi connectivity index (χ4n) is 2.54. The molecule has 0 spiro atoms. The first-order valence-electron chi connectivity index (χ1n) is 7.59. The average Bonchev–Trinajstić information content (AvgIpc) is 2.53. The second kappa shape index (κ2) is 7.79. The minimum Gasteiger partial charge on any atom is -0.483 e. The van der Waals surface area contributed by atoms with Gasteiger partial charge in [0, 0.05) is 26.2 Å². The van der Waals surface area contributed by atoms with Crippen LogP contribution in [0.25, 0.3) is 0 Å². The molecular formula is C16H23N3O3. The molecule has 1 aromatic carbocycles. The van der Waals surface area contributed by atoms with Crippen molar-refractivity contribution in [1.82, 2.24) is 9.80 Å². The van der Waals surface area contributed by atoms with Crippen molar-refractivity contribution < 1.29 is 14.3 Å². The Kier molecular flexibility index (Phi) is 5.77. The molecule has 2 N–H and O–H groups in total. The lowest BCUT2D eigenvalue weighted by Gasteiger charge is -2.33. The van der Waals surface area contributed by atoms with Gasteiger partial charge in [-0.25, -0.2) is 0 Å². The van der Waals surface area contributed by atoms with Gasteiger partial charge in [-0.05, 0) is 18.1 Å². The van der Waals surface area contributed by atoms with E-state index in [1.54, 1.807) is 4.90 Å². The predicted octanol–water partition coefficient (Wildman–Crippen LogP) is 0.257. The van der Waals surface area contributed by atoms with Crippen molar-refractivity contribution in [2.24, 2.45) is 5.73 Å². The number of piperazine rings is 1. The number of nitrogens with two attached hydrogens (primary N) is 1. The molecule has 0 aliphatic carbocycles. The normalized spacial score (nSPS) is 15.6. The van der Waals surface area contributed by atoms with Crippen LogP contribution >= 0.6 is 0 Å². The third-order valence-electron chi connectivity index (χ3n) is 3.81. The fourth-order valence-corrected chi connectivity index (χ4v) is 2.54. The Bertz CT molecular complexity index is 525. The number of carbonyl (C=O) groups excluding carboxylic acids is 2. The highest BCUT2D eigenvalue weighted by Gasteiger charge is 2.22. The molecule has 0 aromatic heterocycles. The number of hydrogen-bond donors (Lipinski definition) is 1. The summed E-state index contributed by atoms with van der Waals surface area (Å²) in [5, 5.41) is 0. The summed E-state index contributed by atoms with van der Waals surface area (Å²) in [5.74, 6) is 0.412. The summed E-state index contributed by atoms with van der Waals surface area (Å²) in [4.78, 5) is 26.8. The van der Waals surface area contributed by atoms with Gasteiger partial charge in [0.1, 0.15) is 5.75 Å². The molecule has 6 heteroatoms. The Morgan fingerprint density at radius 2 is 1.86 bits per heavy atom. The van der Waals surface area contributed by atoms with E-state index in [2.05, 4.69) is 6.92 Å². The van der Waals surface area contributed by atoms with E-state index in [1.165, 1.54) is 0 Å². The van der Waals surface area contributed by atoms with Crippen LogP contribution in [0.5, 0.6) is 5.75 Å². The van der Waals surface area contributed by atoms with Crippen molar-refractivity contribution >= 4 is 11.8 Å². The molecular weight excluding hydrogens is 282 g/mol. The Hall–Kier alpha value is -2.08. The number of carbonyl (C=O) groups is 2. The lowest BCUT2D eigenvalue weighted by Crippen LogP contribution is -2.51. The van der Waals surface area contributed by atoms with Gasteiger partial charge in [-0.15, -0.1) is 0 Å². The Morgan fingerprint density at radius 1 is 1.18 bits per heavy atom. The van der Waals surface area contributed by atoms with Crippen LogP contribution in [-0.4, -0.2) is 60.9 Å². The van der Waals surface area contributed by atoms with E-state index in [0.29, 0.717) is 26.2 Å². The Labute approximate surface area is 130 Å². The molecule has 2 rings (SSSR count). The molecule has 1 aliphatic heterocycles. The highest BCUT2D eigenvalue weighted by Crippen LogP contribution is 2.18. The van der Waals surface area contributed by atoms with Gasteiger partial charge in [-0.2, -0.15) is 0 Å². The standard InChI is InChI=1S/C16H23N3O3/c1-2-13-5-3-4-6-14(13)22-12-16(21)19-9-7-18(8-10-19)11-15(17)20/h3-6H,2,7-12H2,1H3,(H2,17,20). The molecule has 0 bridgehead atoms. The molecule has 0 atom stereocenters. The first-order valence-corrected chi connectivity index (χ1v) is 7.59. The molecule has 0 radical (unpaired) electrons. The fraction of sp³-hybridized carbons (Fsp3) is 0.500. The molecule has 0 saturated carbocycles. The summed E-state index contributed by atoms with van der Waals surface area (Å²) in [5.41, 5.74) is 6.27. The van der Waals surface area contributed by atoms with E-state index in [9.17, 15) is 9.59 Å². The van der Waals surface area contributed by atoms with E-state index >= 15 is 0 Å². The molecule has 2 amide bonds. The van der Waals surface area contributed by atoms with Gasteiger partial charge in [0.05, 0.1) is 6.54 Å². The first-order chi connectivity index (χ1) is 10.6. The Balaban J connectivity index is 1.80. The van der Waals surface area contributed by atoms with Gasteiger partial charge in [0.25, 0.3) is 5.91 Å². The van der Waals surface area contributed by atoms with Crippen LogP contribution in [0.15, 0.2) is 24.3 Å². The number of rotatable bonds is 6. The van der Waals surface area contributed by atoms with Crippen LogP contribution < -0.4 is 10.5 Å². The van der Waals surface area contributed by atoms with Crippen molar-refractivity contribution in [3.63, 3.8) is 0 Å². The minimum absolute atomic E-state index is 0.0235. The number of para-hydroxylation sites is 1. The zero-order chi connectivity index (χ0) is 15.9. The highest BCUT2D eigenvalue weighted by atomic mass is 16.5. The second-order valence-corrected chi connectivity index (χ2v) is 5.37. The van der Waals surface area contributed by atoms with E-state index in [1.807, 2.05) is 29.2 Å². The van der Waals surface area contributed by atoms with Crippen molar-refractivity contribution in [1.29, 1.82) is 0 Å². The summed E-state index contributed by atoms with van der Waals surface area (Å²) in [7, 11) is 0. The summed E-state index contributed by atoms with van der Waals surface area (Å²) in [6.45, 7) is 4.90. The molecule has 6 nitrogen and oxygen atoms in total. The summed E-state index contributed by atoms with van der Waals surface area (Å²) in [6, 6.07) is 7.76. The van der Waals surface area contributed by atoms with Crippen LogP contribution in [-0.2, 0) is 16.0 Å². The first kappa shape index (κ1) is 16.3. The largest absolute Gasteiger partial charge is 0.483 e. The molecule has 120 valence electrons. The molecule has 1 heterocycles. The van der Waals surface area contributed by atoms with Gasteiger partial charge >= 0.3 is 0 Å². The number of benzene rings is 1. The third kappa shape index (κ3) is 4.46. The maximum Gasteiger partial charge on any atom is 0.260 e. The lowest BCUT2D eigenvalue weighted by atomic mass is 10.1. The van der Waals surface area contributed by atoms with Crippen molar-refractivity contribution in [2.45, 2.75) is 13.3 Å². The van der Waals surface area contributed by atoms with E-state index < -0.39 is 0 Å². The topological polar surface area (TPSA) is 75.9 Å². The molecule has 1 fully saturated rings. The number of primary amides is 1. The van der Waals surface area contributed by atoms with Gasteiger partial charge in [0.15, 0.2) is 6.61 Å². The van der Waals surface area contributed by atoms with E-state index in [-0.39, 0.29) is 25.0 Å². The van der Waals surface area contributed by atoms with Crippen molar-refractivity contribution in [2.75, 3.05) is 39.3 Å².